The van der Waals surface area contributed by atoms with Gasteiger partial charge in [0.25, 0.3) is 5.56 Å². The van der Waals surface area contributed by atoms with Gasteiger partial charge in [-0.05, 0) is 58.5 Å². The number of hydrogen-bond acceptors (Lipinski definition) is 4. The summed E-state index contributed by atoms with van der Waals surface area (Å²) in [7, 11) is 0. The molecule has 0 amide bonds. The summed E-state index contributed by atoms with van der Waals surface area (Å²) in [5.74, 6) is 0.490. The highest BCUT2D eigenvalue weighted by Crippen LogP contribution is 2.42. The van der Waals surface area contributed by atoms with Gasteiger partial charge in [0.2, 0.25) is 0 Å². The van der Waals surface area contributed by atoms with Gasteiger partial charge in [-0.2, -0.15) is 0 Å². The van der Waals surface area contributed by atoms with Gasteiger partial charge in [-0.25, -0.2) is 4.99 Å². The summed E-state index contributed by atoms with van der Waals surface area (Å²) >= 11 is 3.21. The first kappa shape index (κ1) is 20.6. The second-order valence-electron chi connectivity index (χ2n) is 8.95. The monoisotopic (exact) mass is 468 g/mol. The molecule has 0 N–H and O–H groups in total. The van der Waals surface area contributed by atoms with Crippen LogP contribution in [-0.2, 0) is 6.42 Å². The summed E-state index contributed by atoms with van der Waals surface area (Å²) in [6.45, 7) is 4.38. The Bertz CT molecular complexity index is 1550. The van der Waals surface area contributed by atoms with Crippen LogP contribution in [0.5, 0.6) is 0 Å². The van der Waals surface area contributed by atoms with E-state index in [-0.39, 0.29) is 11.6 Å². The molecule has 0 bridgehead atoms. The van der Waals surface area contributed by atoms with Crippen molar-refractivity contribution in [3.05, 3.63) is 118 Å². The minimum atomic E-state index is -0.0740. The smallest absolute Gasteiger partial charge is 0.271 e. The average Bonchev–Trinajstić information content (AvgIpc) is 3.47. The number of fused-ring (bicyclic) bond motifs is 3. The van der Waals surface area contributed by atoms with Crippen LogP contribution in [0.3, 0.4) is 0 Å². The van der Waals surface area contributed by atoms with Gasteiger partial charge in [-0.15, -0.1) is 11.3 Å². The van der Waals surface area contributed by atoms with E-state index in [1.54, 1.807) is 11.3 Å². The summed E-state index contributed by atoms with van der Waals surface area (Å²) in [5, 5.41) is 2.10. The Labute approximate surface area is 200 Å². The van der Waals surface area contributed by atoms with Crippen molar-refractivity contribution >= 4 is 34.4 Å². The Balaban J connectivity index is 1.56. The molecule has 1 aliphatic carbocycles. The van der Waals surface area contributed by atoms with E-state index in [4.69, 9.17) is 4.99 Å². The van der Waals surface area contributed by atoms with E-state index in [1.807, 2.05) is 10.6 Å². The van der Waals surface area contributed by atoms with E-state index in [9.17, 15) is 4.79 Å². The highest BCUT2D eigenvalue weighted by molar-refractivity contribution is 7.10. The number of thiazole rings is 1. The van der Waals surface area contributed by atoms with E-state index < -0.39 is 0 Å². The quantitative estimate of drug-likeness (QED) is 0.391. The molecule has 2 aromatic heterocycles. The lowest BCUT2D eigenvalue weighted by Crippen LogP contribution is -2.38. The van der Waals surface area contributed by atoms with Crippen molar-refractivity contribution < 1.29 is 0 Å². The van der Waals surface area contributed by atoms with Gasteiger partial charge in [0.05, 0.1) is 16.3 Å². The fourth-order valence-electron chi connectivity index (χ4n) is 4.85. The van der Waals surface area contributed by atoms with Crippen LogP contribution in [0.2, 0.25) is 0 Å². The fourth-order valence-corrected chi connectivity index (χ4v) is 6.70. The van der Waals surface area contributed by atoms with Crippen LogP contribution in [0.25, 0.3) is 11.8 Å². The second kappa shape index (κ2) is 8.08. The molecule has 1 atom stereocenters. The van der Waals surface area contributed by atoms with E-state index in [0.29, 0.717) is 5.92 Å². The average molecular weight is 469 g/mol. The van der Waals surface area contributed by atoms with Crippen molar-refractivity contribution in [1.82, 2.24) is 4.57 Å². The standard InChI is InChI=1S/C28H24N2OS2/c1-17(2)19-11-9-18(10-12-19)16-24-27(31)30-26(23-8-5-15-32-23)22-14-13-20-6-3-4-7-21(20)25(22)29-28(30)33-24/h3-12,15-17,26H,13-14H2,1-2H3. The Hall–Kier alpha value is -3.02. The lowest BCUT2D eigenvalue weighted by atomic mass is 9.85. The minimum absolute atomic E-state index is 0.0514. The second-order valence-corrected chi connectivity index (χ2v) is 10.9. The number of aryl methyl sites for hydroxylation is 1. The van der Waals surface area contributed by atoms with E-state index in [0.717, 1.165) is 33.4 Å². The van der Waals surface area contributed by atoms with Gasteiger partial charge in [-0.1, -0.05) is 79.8 Å². The maximum atomic E-state index is 13.7. The third-order valence-corrected chi connectivity index (χ3v) is 8.49. The third kappa shape index (κ3) is 3.47. The number of aromatic nitrogens is 1. The van der Waals surface area contributed by atoms with Crippen molar-refractivity contribution in [2.75, 3.05) is 0 Å². The molecule has 4 aromatic rings. The minimum Gasteiger partial charge on any atom is -0.271 e. The number of hydrogen-bond donors (Lipinski definition) is 0. The molecule has 33 heavy (non-hydrogen) atoms. The lowest BCUT2D eigenvalue weighted by molar-refractivity contribution is 0.593. The van der Waals surface area contributed by atoms with Crippen LogP contribution in [0, 0.1) is 0 Å². The first-order chi connectivity index (χ1) is 16.1. The highest BCUT2D eigenvalue weighted by Gasteiger charge is 2.32. The zero-order valence-electron chi connectivity index (χ0n) is 18.6. The molecule has 2 aromatic carbocycles. The molecule has 5 heteroatoms. The summed E-state index contributed by atoms with van der Waals surface area (Å²) in [6.07, 6.45) is 3.92. The van der Waals surface area contributed by atoms with Crippen molar-refractivity contribution in [2.45, 2.75) is 38.6 Å². The summed E-state index contributed by atoms with van der Waals surface area (Å²) < 4.78 is 2.66. The molecule has 3 heterocycles. The molecule has 0 spiro atoms. The SMILES string of the molecule is CC(C)c1ccc(C=c2sc3n(c2=O)C(c2cccs2)C2=C(N=3)c3ccccc3CC2)cc1. The zero-order valence-corrected chi connectivity index (χ0v) is 20.2. The molecule has 0 saturated heterocycles. The lowest BCUT2D eigenvalue weighted by Gasteiger charge is -2.30. The van der Waals surface area contributed by atoms with Crippen LogP contribution in [-0.4, -0.2) is 4.57 Å². The summed E-state index contributed by atoms with van der Waals surface area (Å²) in [6, 6.07) is 21.2. The van der Waals surface area contributed by atoms with Gasteiger partial charge in [0.1, 0.15) is 0 Å². The largest absolute Gasteiger partial charge is 0.271 e. The highest BCUT2D eigenvalue weighted by atomic mass is 32.1. The van der Waals surface area contributed by atoms with Crippen LogP contribution < -0.4 is 14.9 Å². The van der Waals surface area contributed by atoms with Gasteiger partial charge >= 0.3 is 0 Å². The van der Waals surface area contributed by atoms with E-state index >= 15 is 0 Å². The number of benzene rings is 2. The molecular formula is C28H24N2OS2. The van der Waals surface area contributed by atoms with E-state index in [2.05, 4.69) is 79.9 Å². The van der Waals surface area contributed by atoms with Crippen molar-refractivity contribution in [2.24, 2.45) is 4.99 Å². The Morgan fingerprint density at radius 2 is 1.85 bits per heavy atom. The number of thiophene rings is 1. The van der Waals surface area contributed by atoms with E-state index in [1.165, 1.54) is 38.5 Å². The molecule has 164 valence electrons. The maximum absolute atomic E-state index is 13.7. The Morgan fingerprint density at radius 3 is 2.61 bits per heavy atom. The van der Waals surface area contributed by atoms with Crippen molar-refractivity contribution in [1.29, 1.82) is 0 Å². The van der Waals surface area contributed by atoms with Gasteiger partial charge in [0, 0.05) is 10.4 Å². The zero-order chi connectivity index (χ0) is 22.5. The van der Waals surface area contributed by atoms with Gasteiger partial charge < -0.3 is 0 Å². The normalized spacial score (nSPS) is 17.5. The molecular weight excluding hydrogens is 444 g/mol. The van der Waals surface area contributed by atoms with Crippen LogP contribution >= 0.6 is 22.7 Å². The van der Waals surface area contributed by atoms with Gasteiger partial charge in [0.15, 0.2) is 4.80 Å². The summed E-state index contributed by atoms with van der Waals surface area (Å²) in [4.78, 5) is 20.7. The predicted molar refractivity (Wildman–Crippen MR) is 138 cm³/mol. The molecule has 0 fully saturated rings. The van der Waals surface area contributed by atoms with Crippen LogP contribution in [0.4, 0.5) is 0 Å². The summed E-state index contributed by atoms with van der Waals surface area (Å²) in [5.41, 5.74) is 7.27. The van der Waals surface area contributed by atoms with Gasteiger partial charge in [-0.3, -0.25) is 9.36 Å². The van der Waals surface area contributed by atoms with Crippen molar-refractivity contribution in [3.63, 3.8) is 0 Å². The predicted octanol–water partition coefficient (Wildman–Crippen LogP) is 5.50. The molecule has 3 nitrogen and oxygen atoms in total. The topological polar surface area (TPSA) is 34.4 Å². The van der Waals surface area contributed by atoms with Crippen LogP contribution in [0.1, 0.15) is 59.4 Å². The molecule has 2 aliphatic rings. The first-order valence-electron chi connectivity index (χ1n) is 11.4. The molecule has 6 rings (SSSR count). The first-order valence-corrected chi connectivity index (χ1v) is 13.1. The van der Waals surface area contributed by atoms with Crippen LogP contribution in [0.15, 0.2) is 81.4 Å². The number of rotatable bonds is 3. The molecule has 1 aliphatic heterocycles. The number of allylic oxidation sites excluding steroid dienone is 1. The molecule has 0 radical (unpaired) electrons. The fraction of sp³-hybridized carbons (Fsp3) is 0.214. The number of nitrogens with zero attached hydrogens (tertiary/aromatic N) is 2. The maximum Gasteiger partial charge on any atom is 0.271 e. The Morgan fingerprint density at radius 1 is 1.03 bits per heavy atom. The molecule has 1 unspecified atom stereocenters. The third-order valence-electron chi connectivity index (χ3n) is 6.59. The Kier molecular flexibility index (Phi) is 5.04. The molecule has 0 saturated carbocycles. The van der Waals surface area contributed by atoms with Crippen molar-refractivity contribution in [3.8, 4) is 0 Å².